The highest BCUT2D eigenvalue weighted by Gasteiger charge is 2.31. The Balaban J connectivity index is 1.65. The highest BCUT2D eigenvalue weighted by molar-refractivity contribution is 5.61. The summed E-state index contributed by atoms with van der Waals surface area (Å²) in [6, 6.07) is 0. The van der Waals surface area contributed by atoms with Crippen LogP contribution in [0.5, 0.6) is 0 Å². The molecule has 22 heavy (non-hydrogen) atoms. The Morgan fingerprint density at radius 3 is 2.68 bits per heavy atom. The summed E-state index contributed by atoms with van der Waals surface area (Å²) in [5.41, 5.74) is 0.619. The van der Waals surface area contributed by atoms with E-state index in [2.05, 4.69) is 14.9 Å². The Morgan fingerprint density at radius 2 is 2.09 bits per heavy atom. The molecule has 1 unspecified atom stereocenters. The molecule has 2 saturated heterocycles. The van der Waals surface area contributed by atoms with Crippen LogP contribution in [0.1, 0.15) is 12.1 Å². The molecule has 0 N–H and O–H groups in total. The average Bonchev–Trinajstić information content (AvgIpc) is 3.07. The lowest BCUT2D eigenvalue weighted by molar-refractivity contribution is -0.384. The van der Waals surface area contributed by atoms with E-state index in [-0.39, 0.29) is 10.6 Å². The quantitative estimate of drug-likeness (QED) is 0.605. The zero-order valence-corrected chi connectivity index (χ0v) is 13.2. The maximum absolute atomic E-state index is 11.3. The second-order valence-electron chi connectivity index (χ2n) is 6.16. The average molecular weight is 309 g/mol. The third kappa shape index (κ3) is 2.93. The third-order valence-electron chi connectivity index (χ3n) is 4.56. The topological polar surface area (TPSA) is 76.7 Å². The maximum atomic E-state index is 11.3. The number of rotatable bonds is 4. The molecule has 2 aliphatic rings. The molecule has 0 amide bonds. The number of ether oxygens (including phenoxy) is 1. The van der Waals surface area contributed by atoms with Gasteiger partial charge in [0.2, 0.25) is 5.82 Å². The first-order valence-electron chi connectivity index (χ1n) is 7.79. The predicted molar refractivity (Wildman–Crippen MR) is 82.2 cm³/mol. The van der Waals surface area contributed by atoms with Crippen molar-refractivity contribution in [3.8, 4) is 0 Å². The van der Waals surface area contributed by atoms with Gasteiger partial charge in [-0.3, -0.25) is 15.0 Å². The highest BCUT2D eigenvalue weighted by Crippen LogP contribution is 2.31. The molecule has 3 heterocycles. The normalized spacial score (nSPS) is 23.2. The lowest BCUT2D eigenvalue weighted by atomic mass is 10.1. The minimum atomic E-state index is -0.320. The van der Waals surface area contributed by atoms with Crippen molar-refractivity contribution >= 4 is 11.5 Å². The van der Waals surface area contributed by atoms with Crippen LogP contribution in [-0.2, 0) is 11.8 Å². The summed E-state index contributed by atoms with van der Waals surface area (Å²) in [7, 11) is 1.78. The van der Waals surface area contributed by atoms with E-state index in [1.54, 1.807) is 18.7 Å². The van der Waals surface area contributed by atoms with E-state index in [1.807, 2.05) is 0 Å². The highest BCUT2D eigenvalue weighted by atomic mass is 16.6. The number of aryl methyl sites for hydroxylation is 2. The Labute approximate surface area is 129 Å². The number of aromatic nitrogens is 2. The van der Waals surface area contributed by atoms with Crippen molar-refractivity contribution in [3.63, 3.8) is 0 Å². The van der Waals surface area contributed by atoms with E-state index in [9.17, 15) is 10.1 Å². The van der Waals surface area contributed by atoms with Gasteiger partial charge in [0.15, 0.2) is 0 Å². The lowest BCUT2D eigenvalue weighted by Crippen LogP contribution is -2.48. The number of hydrogen-bond acceptors (Lipinski definition) is 6. The molecular formula is C14H23N5O3. The fourth-order valence-electron chi connectivity index (χ4n) is 3.44. The van der Waals surface area contributed by atoms with Crippen LogP contribution in [0.15, 0.2) is 0 Å². The van der Waals surface area contributed by atoms with Gasteiger partial charge in [0, 0.05) is 46.4 Å². The Kier molecular flexibility index (Phi) is 4.30. The maximum Gasteiger partial charge on any atom is 0.333 e. The van der Waals surface area contributed by atoms with Gasteiger partial charge in [0.05, 0.1) is 11.5 Å². The van der Waals surface area contributed by atoms with Crippen LogP contribution in [0.3, 0.4) is 0 Å². The van der Waals surface area contributed by atoms with E-state index in [0.717, 1.165) is 52.4 Å². The molecule has 0 radical (unpaired) electrons. The molecule has 2 fully saturated rings. The predicted octanol–water partition coefficient (Wildman–Crippen LogP) is 0.795. The molecule has 3 rings (SSSR count). The van der Waals surface area contributed by atoms with Crippen LogP contribution in [-0.4, -0.2) is 65.5 Å². The van der Waals surface area contributed by atoms with Gasteiger partial charge >= 0.3 is 5.69 Å². The summed E-state index contributed by atoms with van der Waals surface area (Å²) in [5, 5.41) is 15.5. The second kappa shape index (κ2) is 6.21. The molecule has 2 aliphatic heterocycles. The number of piperazine rings is 1. The molecule has 1 atom stereocenters. The first-order chi connectivity index (χ1) is 10.6. The molecule has 122 valence electrons. The van der Waals surface area contributed by atoms with Crippen LogP contribution in [0, 0.1) is 23.0 Å². The zero-order chi connectivity index (χ0) is 15.7. The van der Waals surface area contributed by atoms with Gasteiger partial charge in [-0.2, -0.15) is 5.10 Å². The lowest BCUT2D eigenvalue weighted by Gasteiger charge is -2.36. The minimum Gasteiger partial charge on any atom is -0.381 e. The standard InChI is InChI=1S/C14H23N5O3/c1-11-13(19(20)21)14(16(2)15-11)18-6-4-17(5-7-18)9-12-3-8-22-10-12/h12H,3-10H2,1-2H3. The van der Waals surface area contributed by atoms with Crippen LogP contribution < -0.4 is 4.90 Å². The summed E-state index contributed by atoms with van der Waals surface area (Å²) in [5.74, 6) is 1.27. The summed E-state index contributed by atoms with van der Waals surface area (Å²) in [6.07, 6.45) is 1.15. The Morgan fingerprint density at radius 1 is 1.36 bits per heavy atom. The van der Waals surface area contributed by atoms with Crippen molar-refractivity contribution in [2.45, 2.75) is 13.3 Å². The summed E-state index contributed by atoms with van der Waals surface area (Å²) < 4.78 is 7.06. The van der Waals surface area contributed by atoms with E-state index in [0.29, 0.717) is 17.4 Å². The van der Waals surface area contributed by atoms with Gasteiger partial charge in [-0.25, -0.2) is 4.68 Å². The molecule has 1 aromatic rings. The van der Waals surface area contributed by atoms with E-state index in [1.165, 1.54) is 0 Å². The molecule has 0 aliphatic carbocycles. The molecule has 1 aromatic heterocycles. The second-order valence-corrected chi connectivity index (χ2v) is 6.16. The van der Waals surface area contributed by atoms with Crippen LogP contribution in [0.4, 0.5) is 11.5 Å². The fourth-order valence-corrected chi connectivity index (χ4v) is 3.44. The van der Waals surface area contributed by atoms with Crippen molar-refractivity contribution < 1.29 is 9.66 Å². The summed E-state index contributed by atoms with van der Waals surface area (Å²) in [6.45, 7) is 7.96. The largest absolute Gasteiger partial charge is 0.381 e. The van der Waals surface area contributed by atoms with Gasteiger partial charge in [0.25, 0.3) is 0 Å². The van der Waals surface area contributed by atoms with Crippen LogP contribution >= 0.6 is 0 Å². The molecule has 8 heteroatoms. The number of nitro groups is 1. The van der Waals surface area contributed by atoms with Crippen molar-refractivity contribution in [3.05, 3.63) is 15.8 Å². The molecule has 0 spiro atoms. The molecule has 0 bridgehead atoms. The first-order valence-corrected chi connectivity index (χ1v) is 7.79. The Bertz CT molecular complexity index is 545. The first kappa shape index (κ1) is 15.2. The summed E-state index contributed by atoms with van der Waals surface area (Å²) in [4.78, 5) is 15.5. The van der Waals surface area contributed by atoms with Crippen LogP contribution in [0.2, 0.25) is 0 Å². The van der Waals surface area contributed by atoms with Gasteiger partial charge in [-0.15, -0.1) is 0 Å². The number of hydrogen-bond donors (Lipinski definition) is 0. The van der Waals surface area contributed by atoms with Crippen LogP contribution in [0.25, 0.3) is 0 Å². The molecule has 0 saturated carbocycles. The monoisotopic (exact) mass is 309 g/mol. The smallest absolute Gasteiger partial charge is 0.333 e. The van der Waals surface area contributed by atoms with Crippen molar-refractivity contribution in [1.29, 1.82) is 0 Å². The summed E-state index contributed by atoms with van der Waals surface area (Å²) >= 11 is 0. The van der Waals surface area contributed by atoms with Crippen molar-refractivity contribution in [2.75, 3.05) is 50.8 Å². The zero-order valence-electron chi connectivity index (χ0n) is 13.2. The van der Waals surface area contributed by atoms with E-state index in [4.69, 9.17) is 4.74 Å². The molecule has 0 aromatic carbocycles. The van der Waals surface area contributed by atoms with E-state index >= 15 is 0 Å². The van der Waals surface area contributed by atoms with Crippen molar-refractivity contribution in [1.82, 2.24) is 14.7 Å². The molecule has 8 nitrogen and oxygen atoms in total. The third-order valence-corrected chi connectivity index (χ3v) is 4.56. The Hall–Kier alpha value is -1.67. The van der Waals surface area contributed by atoms with Gasteiger partial charge < -0.3 is 9.64 Å². The minimum absolute atomic E-state index is 0.139. The molecular weight excluding hydrogens is 286 g/mol. The van der Waals surface area contributed by atoms with Gasteiger partial charge in [0.1, 0.15) is 5.69 Å². The number of anilines is 1. The fraction of sp³-hybridized carbons (Fsp3) is 0.786. The van der Waals surface area contributed by atoms with Gasteiger partial charge in [-0.1, -0.05) is 0 Å². The SMILES string of the molecule is Cc1nn(C)c(N2CCN(CC3CCOC3)CC2)c1[N+](=O)[O-]. The number of nitrogens with zero attached hydrogens (tertiary/aromatic N) is 5. The van der Waals surface area contributed by atoms with E-state index < -0.39 is 0 Å². The van der Waals surface area contributed by atoms with Gasteiger partial charge in [-0.05, 0) is 19.3 Å². The van der Waals surface area contributed by atoms with Crippen molar-refractivity contribution in [2.24, 2.45) is 13.0 Å².